The highest BCUT2D eigenvalue weighted by atomic mass is 19.2. The van der Waals surface area contributed by atoms with Crippen LogP contribution in [0.4, 0.5) is 17.6 Å². The van der Waals surface area contributed by atoms with E-state index in [-0.39, 0.29) is 22.8 Å². The highest BCUT2D eigenvalue weighted by Gasteiger charge is 2.32. The van der Waals surface area contributed by atoms with Gasteiger partial charge in [0.25, 0.3) is 0 Å². The summed E-state index contributed by atoms with van der Waals surface area (Å²) in [7, 11) is 0. The number of hydrogen-bond donors (Lipinski definition) is 0. The van der Waals surface area contributed by atoms with Crippen molar-refractivity contribution in [3.8, 4) is 28.0 Å². The Kier molecular flexibility index (Phi) is 12.4. The summed E-state index contributed by atoms with van der Waals surface area (Å²) < 4.78 is 66.2. The second-order valence-electron chi connectivity index (χ2n) is 13.7. The van der Waals surface area contributed by atoms with Crippen molar-refractivity contribution < 1.29 is 22.3 Å². The topological polar surface area (TPSA) is 9.23 Å². The van der Waals surface area contributed by atoms with Gasteiger partial charge in [0.05, 0.1) is 6.61 Å². The molecule has 0 spiro atoms. The molecule has 248 valence electrons. The lowest BCUT2D eigenvalue weighted by Crippen LogP contribution is -2.25. The van der Waals surface area contributed by atoms with E-state index in [1.165, 1.54) is 44.2 Å². The second kappa shape index (κ2) is 16.7. The van der Waals surface area contributed by atoms with Gasteiger partial charge in [0, 0.05) is 11.1 Å². The molecular weight excluding hydrogens is 584 g/mol. The fourth-order valence-corrected chi connectivity index (χ4v) is 7.89. The molecule has 46 heavy (non-hydrogen) atoms. The fraction of sp³-hybridized carbons (Fsp3) is 0.512. The molecule has 0 N–H and O–H groups in total. The Labute approximate surface area is 273 Å². The van der Waals surface area contributed by atoms with Gasteiger partial charge in [-0.1, -0.05) is 87.9 Å². The maximum Gasteiger partial charge on any atom is 0.201 e. The van der Waals surface area contributed by atoms with Crippen molar-refractivity contribution in [2.75, 3.05) is 6.61 Å². The average molecular weight is 635 g/mol. The molecule has 1 nitrogen and oxygen atoms in total. The first-order valence-corrected chi connectivity index (χ1v) is 17.7. The normalized spacial score (nSPS) is 21.7. The van der Waals surface area contributed by atoms with E-state index < -0.39 is 23.3 Å². The summed E-state index contributed by atoms with van der Waals surface area (Å²) in [5, 5.41) is 0. The van der Waals surface area contributed by atoms with Crippen LogP contribution in [0.3, 0.4) is 0 Å². The number of hydrogen-bond acceptors (Lipinski definition) is 1. The van der Waals surface area contributed by atoms with Crippen LogP contribution < -0.4 is 4.74 Å². The van der Waals surface area contributed by atoms with Gasteiger partial charge in [-0.2, -0.15) is 4.39 Å². The van der Waals surface area contributed by atoms with Crippen LogP contribution in [-0.2, 0) is 0 Å². The largest absolute Gasteiger partial charge is 0.490 e. The minimum Gasteiger partial charge on any atom is -0.490 e. The van der Waals surface area contributed by atoms with Crippen molar-refractivity contribution in [1.29, 1.82) is 0 Å². The van der Waals surface area contributed by atoms with Crippen LogP contribution >= 0.6 is 0 Å². The van der Waals surface area contributed by atoms with Crippen LogP contribution in [-0.4, -0.2) is 6.61 Å². The monoisotopic (exact) mass is 634 g/mol. The summed E-state index contributed by atoms with van der Waals surface area (Å²) in [6, 6.07) is 12.8. The third kappa shape index (κ3) is 8.25. The molecule has 5 heteroatoms. The predicted molar refractivity (Wildman–Crippen MR) is 181 cm³/mol. The summed E-state index contributed by atoms with van der Waals surface area (Å²) in [5.41, 5.74) is 1.68. The van der Waals surface area contributed by atoms with Gasteiger partial charge in [0.15, 0.2) is 23.2 Å². The van der Waals surface area contributed by atoms with E-state index in [1.54, 1.807) is 36.4 Å². The number of benzene rings is 3. The zero-order chi connectivity index (χ0) is 32.5. The van der Waals surface area contributed by atoms with Crippen molar-refractivity contribution >= 4 is 0 Å². The van der Waals surface area contributed by atoms with E-state index >= 15 is 13.2 Å². The van der Waals surface area contributed by atoms with Crippen molar-refractivity contribution in [3.63, 3.8) is 0 Å². The fourth-order valence-electron chi connectivity index (χ4n) is 7.89. The van der Waals surface area contributed by atoms with E-state index in [4.69, 9.17) is 4.74 Å². The molecule has 0 radical (unpaired) electrons. The molecule has 0 heterocycles. The molecule has 0 aromatic heterocycles. The van der Waals surface area contributed by atoms with Crippen LogP contribution in [0.25, 0.3) is 22.3 Å². The van der Waals surface area contributed by atoms with Gasteiger partial charge in [0.2, 0.25) is 5.82 Å². The predicted octanol–water partition coefficient (Wildman–Crippen LogP) is 13.0. The molecule has 0 aliphatic heterocycles. The number of allylic oxidation sites excluding steroid dienone is 1. The summed E-state index contributed by atoms with van der Waals surface area (Å²) in [4.78, 5) is 0. The van der Waals surface area contributed by atoms with Gasteiger partial charge in [-0.3, -0.25) is 0 Å². The molecule has 3 aromatic rings. The third-order valence-electron chi connectivity index (χ3n) is 10.7. The average Bonchev–Trinajstić information content (AvgIpc) is 3.09. The minimum atomic E-state index is -1.01. The van der Waals surface area contributed by atoms with Crippen LogP contribution in [0.1, 0.15) is 115 Å². The zero-order valence-electron chi connectivity index (χ0n) is 27.4. The van der Waals surface area contributed by atoms with Gasteiger partial charge >= 0.3 is 0 Å². The quantitative estimate of drug-likeness (QED) is 0.0974. The molecule has 2 aliphatic carbocycles. The van der Waals surface area contributed by atoms with Crippen LogP contribution in [0, 0.1) is 41.0 Å². The van der Waals surface area contributed by atoms with E-state index in [0.717, 1.165) is 76.0 Å². The molecule has 2 aliphatic rings. The van der Waals surface area contributed by atoms with Crippen molar-refractivity contribution in [1.82, 2.24) is 0 Å². The van der Waals surface area contributed by atoms with Crippen molar-refractivity contribution in [2.45, 2.75) is 109 Å². The number of unbranched alkanes of at least 4 members (excludes halogenated alkanes) is 4. The van der Waals surface area contributed by atoms with Gasteiger partial charge in [-0.15, -0.1) is 6.58 Å². The van der Waals surface area contributed by atoms with Crippen molar-refractivity contribution in [3.05, 3.63) is 90.0 Å². The van der Waals surface area contributed by atoms with Crippen molar-refractivity contribution in [2.24, 2.45) is 17.8 Å². The molecular formula is C41H50F4O. The number of halogens is 4. The Hall–Kier alpha value is -3.08. The lowest BCUT2D eigenvalue weighted by molar-refractivity contribution is 0.156. The van der Waals surface area contributed by atoms with Crippen LogP contribution in [0.2, 0.25) is 0 Å². The van der Waals surface area contributed by atoms with E-state index in [1.807, 2.05) is 6.08 Å². The van der Waals surface area contributed by atoms with Gasteiger partial charge < -0.3 is 4.74 Å². The number of rotatable bonds is 14. The van der Waals surface area contributed by atoms with Crippen LogP contribution in [0.5, 0.6) is 5.75 Å². The highest BCUT2D eigenvalue weighted by molar-refractivity contribution is 5.72. The minimum absolute atomic E-state index is 0.0389. The molecule has 0 saturated heterocycles. The Morgan fingerprint density at radius 1 is 0.652 bits per heavy atom. The lowest BCUT2D eigenvalue weighted by atomic mass is 9.68. The summed E-state index contributed by atoms with van der Waals surface area (Å²) in [6.07, 6.45) is 18.8. The highest BCUT2D eigenvalue weighted by Crippen LogP contribution is 2.45. The van der Waals surface area contributed by atoms with Crippen LogP contribution in [0.15, 0.2) is 61.2 Å². The molecule has 2 fully saturated rings. The summed E-state index contributed by atoms with van der Waals surface area (Å²) in [6.45, 7) is 6.34. The molecule has 5 rings (SSSR count). The molecule has 3 aromatic carbocycles. The van der Waals surface area contributed by atoms with E-state index in [2.05, 4.69) is 13.5 Å². The molecule has 0 bridgehead atoms. The first-order valence-electron chi connectivity index (χ1n) is 17.7. The second-order valence-corrected chi connectivity index (χ2v) is 13.7. The first kappa shape index (κ1) is 34.3. The lowest BCUT2D eigenvalue weighted by Gasteiger charge is -2.38. The Bertz CT molecular complexity index is 1420. The SMILES string of the molecule is C=CCCC1CCC(C2CCC(c3ccc(-c4ccc(-c5ccc(OCCCCCCC)c(F)c5F)cc4)c(F)c3F)CC2)CC1. The zero-order valence-corrected chi connectivity index (χ0v) is 27.4. The smallest absolute Gasteiger partial charge is 0.201 e. The standard InChI is InChI=1S/C41H50F4O/c1-3-5-7-8-9-27-46-37-26-25-36(40(44)41(37)45)33-21-19-32(20-22-33)35-24-23-34(38(42)39(35)43)31-17-15-30(16-18-31)29-13-11-28(12-14-29)10-6-4-2/h4,19-26,28-31H,2-3,5-18,27H2,1H3. The Balaban J connectivity index is 1.18. The molecule has 0 amide bonds. The summed E-state index contributed by atoms with van der Waals surface area (Å²) >= 11 is 0. The maximum atomic E-state index is 15.5. The third-order valence-corrected chi connectivity index (χ3v) is 10.7. The van der Waals surface area contributed by atoms with E-state index in [9.17, 15) is 4.39 Å². The van der Waals surface area contributed by atoms with Gasteiger partial charge in [-0.25, -0.2) is 13.2 Å². The number of ether oxygens (including phenoxy) is 1. The van der Waals surface area contributed by atoms with Gasteiger partial charge in [0.1, 0.15) is 0 Å². The molecule has 0 atom stereocenters. The van der Waals surface area contributed by atoms with E-state index in [0.29, 0.717) is 29.2 Å². The molecule has 0 unspecified atom stereocenters. The Morgan fingerprint density at radius 2 is 1.22 bits per heavy atom. The first-order chi connectivity index (χ1) is 22.4. The Morgan fingerprint density at radius 3 is 1.83 bits per heavy atom. The maximum absolute atomic E-state index is 15.5. The van der Waals surface area contributed by atoms with Gasteiger partial charge in [-0.05, 0) is 110 Å². The molecule has 2 saturated carbocycles. The summed E-state index contributed by atoms with van der Waals surface area (Å²) in [5.74, 6) is -1.36.